The molecular formula is C27H28N4O2. The van der Waals surface area contributed by atoms with Crippen LogP contribution in [0.5, 0.6) is 5.75 Å². The molecule has 0 bridgehead atoms. The summed E-state index contributed by atoms with van der Waals surface area (Å²) in [4.78, 5) is 16.8. The van der Waals surface area contributed by atoms with Gasteiger partial charge in [0, 0.05) is 23.3 Å². The van der Waals surface area contributed by atoms with Gasteiger partial charge in [0.1, 0.15) is 17.8 Å². The Kier molecular flexibility index (Phi) is 6.32. The van der Waals surface area contributed by atoms with E-state index in [4.69, 9.17) is 4.74 Å². The summed E-state index contributed by atoms with van der Waals surface area (Å²) < 4.78 is 5.96. The first-order valence-electron chi connectivity index (χ1n) is 11.2. The molecule has 1 amide bonds. The van der Waals surface area contributed by atoms with Gasteiger partial charge in [-0.25, -0.2) is 0 Å². The molecule has 0 unspecified atom stereocenters. The predicted octanol–water partition coefficient (Wildman–Crippen LogP) is 6.08. The maximum Gasteiger partial charge on any atom is 0.244 e. The third-order valence-electron chi connectivity index (χ3n) is 6.01. The number of hydrogen-bond acceptors (Lipinski definition) is 5. The van der Waals surface area contributed by atoms with Crippen molar-refractivity contribution >= 4 is 23.0 Å². The van der Waals surface area contributed by atoms with Gasteiger partial charge < -0.3 is 15.4 Å². The second-order valence-electron chi connectivity index (χ2n) is 8.76. The van der Waals surface area contributed by atoms with Crippen LogP contribution < -0.4 is 15.4 Å². The number of anilines is 3. The smallest absolute Gasteiger partial charge is 0.244 e. The number of nitrogens with zero attached hydrogens (tertiary/aromatic N) is 2. The maximum atomic E-state index is 12.5. The Morgan fingerprint density at radius 1 is 1.12 bits per heavy atom. The summed E-state index contributed by atoms with van der Waals surface area (Å²) in [5.74, 6) is 0.848. The number of carbonyl (C=O) groups excluding carboxylic acids is 1. The predicted molar refractivity (Wildman–Crippen MR) is 129 cm³/mol. The number of rotatable bonds is 8. The summed E-state index contributed by atoms with van der Waals surface area (Å²) in [5.41, 5.74) is 4.67. The summed E-state index contributed by atoms with van der Waals surface area (Å²) in [5, 5.41) is 15.8. The molecule has 2 aromatic carbocycles. The lowest BCUT2D eigenvalue weighted by atomic mass is 10.00. The molecule has 0 saturated heterocycles. The first-order valence-corrected chi connectivity index (χ1v) is 11.2. The van der Waals surface area contributed by atoms with E-state index in [-0.39, 0.29) is 11.8 Å². The van der Waals surface area contributed by atoms with Gasteiger partial charge in [-0.2, -0.15) is 5.26 Å². The fourth-order valence-corrected chi connectivity index (χ4v) is 3.67. The van der Waals surface area contributed by atoms with Crippen molar-refractivity contribution in [3.05, 3.63) is 77.6 Å². The lowest BCUT2D eigenvalue weighted by Gasteiger charge is -2.19. The van der Waals surface area contributed by atoms with Crippen molar-refractivity contribution in [1.29, 1.82) is 5.26 Å². The van der Waals surface area contributed by atoms with Gasteiger partial charge >= 0.3 is 0 Å². The maximum absolute atomic E-state index is 12.5. The van der Waals surface area contributed by atoms with Gasteiger partial charge in [0.2, 0.25) is 5.91 Å². The Balaban J connectivity index is 1.52. The normalized spacial score (nSPS) is 13.8. The molecule has 1 aromatic heterocycles. The van der Waals surface area contributed by atoms with Gasteiger partial charge in [-0.05, 0) is 79.3 Å². The van der Waals surface area contributed by atoms with Gasteiger partial charge in [0.05, 0.1) is 11.8 Å². The minimum Gasteiger partial charge on any atom is -0.487 e. The first kappa shape index (κ1) is 22.3. The molecule has 0 atom stereocenters. The van der Waals surface area contributed by atoms with E-state index >= 15 is 0 Å². The van der Waals surface area contributed by atoms with E-state index in [1.165, 1.54) is 0 Å². The third kappa shape index (κ3) is 4.98. The third-order valence-corrected chi connectivity index (χ3v) is 6.01. The van der Waals surface area contributed by atoms with Gasteiger partial charge in [-0.15, -0.1) is 0 Å². The molecule has 6 nitrogen and oxygen atoms in total. The molecule has 0 radical (unpaired) electrons. The van der Waals surface area contributed by atoms with E-state index in [1.807, 2.05) is 55.5 Å². The SMILES string of the molecule is Cc1c(NC(=O)C2(C#N)CC2)cccc1Nc1ccc(OCc2ccccn2)cc1C(C)C. The van der Waals surface area contributed by atoms with Crippen LogP contribution in [0, 0.1) is 23.7 Å². The van der Waals surface area contributed by atoms with Crippen LogP contribution in [0.3, 0.4) is 0 Å². The van der Waals surface area contributed by atoms with E-state index in [9.17, 15) is 10.1 Å². The standard InChI is InChI=1S/C27H28N4O2/c1-18(2)22-15-21(33-16-20-7-4-5-14-29-20)10-11-25(22)30-23-8-6-9-24(19(23)3)31-26(32)27(17-28)12-13-27/h4-11,14-15,18,30H,12-13,16H2,1-3H3,(H,31,32). The van der Waals surface area contributed by atoms with Gasteiger partial charge in [-0.3, -0.25) is 9.78 Å². The Morgan fingerprint density at radius 2 is 1.91 bits per heavy atom. The summed E-state index contributed by atoms with van der Waals surface area (Å²) in [6.07, 6.45) is 3.01. The second-order valence-corrected chi connectivity index (χ2v) is 8.76. The summed E-state index contributed by atoms with van der Waals surface area (Å²) in [6, 6.07) is 19.7. The summed E-state index contributed by atoms with van der Waals surface area (Å²) >= 11 is 0. The molecule has 33 heavy (non-hydrogen) atoms. The number of benzene rings is 2. The molecule has 1 aliphatic rings. The molecule has 1 fully saturated rings. The van der Waals surface area contributed by atoms with Crippen LogP contribution in [0.25, 0.3) is 0 Å². The Morgan fingerprint density at radius 3 is 2.58 bits per heavy atom. The molecular weight excluding hydrogens is 412 g/mol. The lowest BCUT2D eigenvalue weighted by molar-refractivity contribution is -0.119. The molecule has 1 saturated carbocycles. The number of nitriles is 1. The van der Waals surface area contributed by atoms with Gasteiger partial charge in [-0.1, -0.05) is 26.0 Å². The molecule has 1 aliphatic carbocycles. The zero-order chi connectivity index (χ0) is 23.4. The van der Waals surface area contributed by atoms with E-state index < -0.39 is 5.41 Å². The number of carbonyl (C=O) groups is 1. The van der Waals surface area contributed by atoms with Crippen LogP contribution in [-0.4, -0.2) is 10.9 Å². The van der Waals surface area contributed by atoms with E-state index in [1.54, 1.807) is 6.20 Å². The molecule has 0 spiro atoms. The van der Waals surface area contributed by atoms with Gasteiger partial charge in [0.15, 0.2) is 0 Å². The average Bonchev–Trinajstić information content (AvgIpc) is 3.63. The van der Waals surface area contributed by atoms with Crippen molar-refractivity contribution in [1.82, 2.24) is 4.98 Å². The fraction of sp³-hybridized carbons (Fsp3) is 0.296. The number of ether oxygens (including phenoxy) is 1. The number of pyridine rings is 1. The van der Waals surface area contributed by atoms with Crippen molar-refractivity contribution in [3.63, 3.8) is 0 Å². The molecule has 168 valence electrons. The Hall–Kier alpha value is -3.85. The highest BCUT2D eigenvalue weighted by molar-refractivity contribution is 6.00. The van der Waals surface area contributed by atoms with Crippen molar-refractivity contribution in [2.75, 3.05) is 10.6 Å². The largest absolute Gasteiger partial charge is 0.487 e. The zero-order valence-corrected chi connectivity index (χ0v) is 19.2. The first-order chi connectivity index (χ1) is 15.9. The Labute approximate surface area is 194 Å². The number of nitrogens with one attached hydrogen (secondary N) is 2. The number of aromatic nitrogens is 1. The molecule has 4 rings (SSSR count). The summed E-state index contributed by atoms with van der Waals surface area (Å²) in [7, 11) is 0. The van der Waals surface area contributed by atoms with Crippen LogP contribution in [0.4, 0.5) is 17.1 Å². The fourth-order valence-electron chi connectivity index (χ4n) is 3.67. The van der Waals surface area contributed by atoms with Crippen LogP contribution in [-0.2, 0) is 11.4 Å². The molecule has 0 aliphatic heterocycles. The van der Waals surface area contributed by atoms with Gasteiger partial charge in [0.25, 0.3) is 0 Å². The zero-order valence-electron chi connectivity index (χ0n) is 19.2. The van der Waals surface area contributed by atoms with E-state index in [2.05, 4.69) is 41.6 Å². The number of amides is 1. The van der Waals surface area contributed by atoms with Crippen LogP contribution in [0.2, 0.25) is 0 Å². The van der Waals surface area contributed by atoms with Crippen LogP contribution >= 0.6 is 0 Å². The van der Waals surface area contributed by atoms with Crippen LogP contribution in [0.1, 0.15) is 49.4 Å². The van der Waals surface area contributed by atoms with Crippen molar-refractivity contribution in [2.24, 2.45) is 5.41 Å². The van der Waals surface area contributed by atoms with Crippen LogP contribution in [0.15, 0.2) is 60.8 Å². The summed E-state index contributed by atoms with van der Waals surface area (Å²) in [6.45, 7) is 6.66. The average molecular weight is 441 g/mol. The lowest BCUT2D eigenvalue weighted by Crippen LogP contribution is -2.23. The quantitative estimate of drug-likeness (QED) is 0.443. The van der Waals surface area contributed by atoms with Crippen molar-refractivity contribution in [2.45, 2.75) is 46.1 Å². The molecule has 3 aromatic rings. The minimum atomic E-state index is -0.855. The topological polar surface area (TPSA) is 87.0 Å². The highest BCUT2D eigenvalue weighted by atomic mass is 16.5. The second kappa shape index (κ2) is 9.33. The van der Waals surface area contributed by atoms with E-state index in [0.717, 1.165) is 33.9 Å². The molecule has 1 heterocycles. The molecule has 2 N–H and O–H groups in total. The monoisotopic (exact) mass is 440 g/mol. The molecule has 6 heteroatoms. The minimum absolute atomic E-state index is 0.220. The number of hydrogen-bond donors (Lipinski definition) is 2. The Bertz CT molecular complexity index is 1190. The van der Waals surface area contributed by atoms with Crippen molar-refractivity contribution < 1.29 is 9.53 Å². The van der Waals surface area contributed by atoms with E-state index in [0.29, 0.717) is 25.1 Å². The highest BCUT2D eigenvalue weighted by Crippen LogP contribution is 2.46. The highest BCUT2D eigenvalue weighted by Gasteiger charge is 2.50. The van der Waals surface area contributed by atoms with Crippen molar-refractivity contribution in [3.8, 4) is 11.8 Å².